The van der Waals surface area contributed by atoms with Crippen LogP contribution in [-0.4, -0.2) is 24.3 Å². The molecule has 1 atom stereocenters. The maximum absolute atomic E-state index is 11.3. The van der Waals surface area contributed by atoms with Crippen LogP contribution in [0.5, 0.6) is 11.5 Å². The molecule has 1 aliphatic heterocycles. The minimum absolute atomic E-state index is 0.498. The van der Waals surface area contributed by atoms with Crippen molar-refractivity contribution >= 4 is 5.97 Å². The van der Waals surface area contributed by atoms with E-state index in [1.165, 1.54) is 0 Å². The zero-order valence-electron chi connectivity index (χ0n) is 10.6. The highest BCUT2D eigenvalue weighted by Crippen LogP contribution is 2.54. The van der Waals surface area contributed by atoms with E-state index in [1.807, 2.05) is 18.2 Å². The van der Waals surface area contributed by atoms with Gasteiger partial charge in [-0.3, -0.25) is 4.79 Å². The predicted octanol–water partition coefficient (Wildman–Crippen LogP) is 1.71. The fourth-order valence-corrected chi connectivity index (χ4v) is 2.48. The molecule has 1 aromatic rings. The van der Waals surface area contributed by atoms with Crippen molar-refractivity contribution in [3.8, 4) is 11.5 Å². The summed E-state index contributed by atoms with van der Waals surface area (Å²) in [6.07, 6.45) is 2.12. The molecule has 0 radical (unpaired) electrons. The fraction of sp³-hybridized carbons (Fsp3) is 0.500. The molecule has 2 aliphatic rings. The molecular formula is C14H17NO4. The van der Waals surface area contributed by atoms with E-state index in [1.54, 1.807) is 0 Å². The van der Waals surface area contributed by atoms with Gasteiger partial charge in [-0.15, -0.1) is 0 Å². The summed E-state index contributed by atoms with van der Waals surface area (Å²) in [6.45, 7) is 1.24. The van der Waals surface area contributed by atoms with Gasteiger partial charge in [0.1, 0.15) is 0 Å². The predicted molar refractivity (Wildman–Crippen MR) is 68.3 cm³/mol. The van der Waals surface area contributed by atoms with Crippen molar-refractivity contribution in [2.75, 3.05) is 13.2 Å². The second kappa shape index (κ2) is 4.42. The van der Waals surface area contributed by atoms with Crippen LogP contribution in [0.4, 0.5) is 0 Å². The van der Waals surface area contributed by atoms with Crippen LogP contribution >= 0.6 is 0 Å². The molecule has 19 heavy (non-hydrogen) atoms. The van der Waals surface area contributed by atoms with Gasteiger partial charge in [0.25, 0.3) is 0 Å². The van der Waals surface area contributed by atoms with Crippen LogP contribution in [0.25, 0.3) is 0 Å². The van der Waals surface area contributed by atoms with Crippen LogP contribution in [-0.2, 0) is 4.79 Å². The lowest BCUT2D eigenvalue weighted by atomic mass is 9.91. The number of carboxylic acids is 1. The summed E-state index contributed by atoms with van der Waals surface area (Å²) in [6, 6.07) is 4.96. The first kappa shape index (κ1) is 12.3. The number of hydrogen-bond acceptors (Lipinski definition) is 4. The summed E-state index contributed by atoms with van der Waals surface area (Å²) >= 11 is 0. The number of nitrogens with two attached hydrogens (primary N) is 1. The Labute approximate surface area is 111 Å². The topological polar surface area (TPSA) is 81.8 Å². The molecule has 0 spiro atoms. The Morgan fingerprint density at radius 3 is 2.58 bits per heavy atom. The van der Waals surface area contributed by atoms with Gasteiger partial charge in [0.15, 0.2) is 11.5 Å². The van der Waals surface area contributed by atoms with Crippen molar-refractivity contribution in [2.24, 2.45) is 11.1 Å². The summed E-state index contributed by atoms with van der Waals surface area (Å²) in [5.74, 6) is 0.548. The van der Waals surface area contributed by atoms with E-state index in [-0.39, 0.29) is 0 Å². The lowest BCUT2D eigenvalue weighted by Gasteiger charge is -2.20. The highest BCUT2D eigenvalue weighted by Gasteiger charge is 2.55. The van der Waals surface area contributed by atoms with E-state index < -0.39 is 17.4 Å². The molecule has 5 nitrogen and oxygen atoms in total. The molecule has 1 aromatic carbocycles. The Balaban J connectivity index is 1.90. The van der Waals surface area contributed by atoms with Gasteiger partial charge in [0.05, 0.1) is 18.6 Å². The average Bonchev–Trinajstić information content (AvgIpc) is 3.21. The number of fused-ring (bicyclic) bond motifs is 1. The molecule has 0 bridgehead atoms. The van der Waals surface area contributed by atoms with E-state index in [2.05, 4.69) is 0 Å². The number of ether oxygens (including phenoxy) is 2. The third-order valence-corrected chi connectivity index (χ3v) is 3.94. The zero-order chi connectivity index (χ0) is 13.5. The van der Waals surface area contributed by atoms with Gasteiger partial charge in [0, 0.05) is 12.5 Å². The van der Waals surface area contributed by atoms with Crippen molar-refractivity contribution in [3.63, 3.8) is 0 Å². The Kier molecular flexibility index (Phi) is 2.86. The van der Waals surface area contributed by atoms with E-state index in [0.717, 1.165) is 12.0 Å². The smallest absolute Gasteiger partial charge is 0.311 e. The summed E-state index contributed by atoms with van der Waals surface area (Å²) in [5, 5.41) is 9.28. The SMILES string of the molecule is NC(c1ccc2c(c1)OCCCO2)C1(C(=O)O)CC1. The molecule has 5 heteroatoms. The number of benzene rings is 1. The Bertz CT molecular complexity index is 510. The van der Waals surface area contributed by atoms with Crippen LogP contribution in [0.1, 0.15) is 30.9 Å². The first-order valence-corrected chi connectivity index (χ1v) is 6.52. The molecule has 102 valence electrons. The summed E-state index contributed by atoms with van der Waals surface area (Å²) in [7, 11) is 0. The molecule has 1 aliphatic carbocycles. The van der Waals surface area contributed by atoms with Gasteiger partial charge < -0.3 is 20.3 Å². The van der Waals surface area contributed by atoms with Crippen LogP contribution in [0.3, 0.4) is 0 Å². The van der Waals surface area contributed by atoms with Crippen LogP contribution in [0.15, 0.2) is 18.2 Å². The van der Waals surface area contributed by atoms with Crippen molar-refractivity contribution in [3.05, 3.63) is 23.8 Å². The first-order chi connectivity index (χ1) is 9.13. The van der Waals surface area contributed by atoms with Gasteiger partial charge in [-0.05, 0) is 30.5 Å². The molecular weight excluding hydrogens is 246 g/mol. The monoisotopic (exact) mass is 263 g/mol. The largest absolute Gasteiger partial charge is 0.490 e. The summed E-state index contributed by atoms with van der Waals surface area (Å²) in [5.41, 5.74) is 6.13. The van der Waals surface area contributed by atoms with Crippen molar-refractivity contribution in [1.29, 1.82) is 0 Å². The molecule has 1 saturated carbocycles. The summed E-state index contributed by atoms with van der Waals surface area (Å²) in [4.78, 5) is 11.3. The zero-order valence-corrected chi connectivity index (χ0v) is 10.6. The molecule has 1 heterocycles. The Morgan fingerprint density at radius 1 is 1.26 bits per heavy atom. The van der Waals surface area contributed by atoms with Gasteiger partial charge in [0.2, 0.25) is 0 Å². The van der Waals surface area contributed by atoms with E-state index in [4.69, 9.17) is 15.2 Å². The van der Waals surface area contributed by atoms with E-state index in [9.17, 15) is 9.90 Å². The van der Waals surface area contributed by atoms with Crippen LogP contribution in [0, 0.1) is 5.41 Å². The lowest BCUT2D eigenvalue weighted by molar-refractivity contribution is -0.144. The first-order valence-electron chi connectivity index (χ1n) is 6.52. The number of aliphatic carboxylic acids is 1. The number of carboxylic acid groups (broad SMARTS) is 1. The van der Waals surface area contributed by atoms with Crippen molar-refractivity contribution in [2.45, 2.75) is 25.3 Å². The number of carbonyl (C=O) groups is 1. The van der Waals surface area contributed by atoms with Gasteiger partial charge in [-0.25, -0.2) is 0 Å². The maximum Gasteiger partial charge on any atom is 0.311 e. The Hall–Kier alpha value is -1.75. The quantitative estimate of drug-likeness (QED) is 0.867. The van der Waals surface area contributed by atoms with Gasteiger partial charge >= 0.3 is 5.97 Å². The van der Waals surface area contributed by atoms with Crippen LogP contribution in [0.2, 0.25) is 0 Å². The van der Waals surface area contributed by atoms with Gasteiger partial charge in [-0.1, -0.05) is 6.07 Å². The molecule has 1 unspecified atom stereocenters. The minimum Gasteiger partial charge on any atom is -0.490 e. The molecule has 0 saturated heterocycles. The van der Waals surface area contributed by atoms with E-state index >= 15 is 0 Å². The Morgan fingerprint density at radius 2 is 1.95 bits per heavy atom. The van der Waals surface area contributed by atoms with Crippen molar-refractivity contribution < 1.29 is 19.4 Å². The average molecular weight is 263 g/mol. The normalized spacial score (nSPS) is 21.3. The minimum atomic E-state index is -0.813. The highest BCUT2D eigenvalue weighted by atomic mass is 16.5. The number of rotatable bonds is 3. The fourth-order valence-electron chi connectivity index (χ4n) is 2.48. The third-order valence-electron chi connectivity index (χ3n) is 3.94. The summed E-state index contributed by atoms with van der Waals surface area (Å²) < 4.78 is 11.2. The lowest BCUT2D eigenvalue weighted by Crippen LogP contribution is -2.29. The molecule has 0 amide bonds. The van der Waals surface area contributed by atoms with E-state index in [0.29, 0.717) is 37.6 Å². The van der Waals surface area contributed by atoms with Crippen molar-refractivity contribution in [1.82, 2.24) is 0 Å². The second-order valence-electron chi connectivity index (χ2n) is 5.20. The highest BCUT2D eigenvalue weighted by molar-refractivity contribution is 5.79. The molecule has 3 rings (SSSR count). The maximum atomic E-state index is 11.3. The van der Waals surface area contributed by atoms with Gasteiger partial charge in [-0.2, -0.15) is 0 Å². The molecule has 0 aromatic heterocycles. The number of hydrogen-bond donors (Lipinski definition) is 2. The molecule has 1 fully saturated rings. The third kappa shape index (κ3) is 2.04. The molecule has 3 N–H and O–H groups in total. The second-order valence-corrected chi connectivity index (χ2v) is 5.20. The van der Waals surface area contributed by atoms with Crippen LogP contribution < -0.4 is 15.2 Å². The standard InChI is InChI=1S/C14H17NO4/c15-12(14(4-5-14)13(16)17)9-2-3-10-11(8-9)19-7-1-6-18-10/h2-3,8,12H,1,4-7,15H2,(H,16,17).